The van der Waals surface area contributed by atoms with E-state index in [0.717, 1.165) is 0 Å². The summed E-state index contributed by atoms with van der Waals surface area (Å²) in [6, 6.07) is 9.16. The number of pyridine rings is 1. The molecule has 1 aromatic heterocycles. The van der Waals surface area contributed by atoms with Crippen molar-refractivity contribution in [2.75, 3.05) is 51.9 Å². The maximum atomic E-state index is 12.7. The number of amides is 1. The smallest absolute Gasteiger partial charge is 0.255 e. The van der Waals surface area contributed by atoms with Crippen LogP contribution in [0.4, 0.5) is 5.69 Å². The first kappa shape index (κ1) is 21.2. The fourth-order valence-electron chi connectivity index (χ4n) is 2.73. The average Bonchev–Trinajstić information content (AvgIpc) is 2.76. The second kappa shape index (κ2) is 9.79. The highest BCUT2D eigenvalue weighted by atomic mass is 32.2. The average molecular weight is 421 g/mol. The van der Waals surface area contributed by atoms with Gasteiger partial charge in [0.1, 0.15) is 12.3 Å². The first-order valence-corrected chi connectivity index (χ1v) is 10.5. The van der Waals surface area contributed by atoms with Gasteiger partial charge in [-0.1, -0.05) is 0 Å². The molecule has 0 saturated carbocycles. The van der Waals surface area contributed by atoms with Gasteiger partial charge in [-0.2, -0.15) is 4.31 Å². The zero-order valence-electron chi connectivity index (χ0n) is 16.0. The Kier molecular flexibility index (Phi) is 7.15. The number of morpholine rings is 1. The van der Waals surface area contributed by atoms with Gasteiger partial charge in [-0.05, 0) is 36.4 Å². The predicted molar refractivity (Wildman–Crippen MR) is 106 cm³/mol. The number of carbonyl (C=O) groups is 1. The van der Waals surface area contributed by atoms with Gasteiger partial charge in [-0.15, -0.1) is 0 Å². The fraction of sp³-hybridized carbons (Fsp3) is 0.368. The summed E-state index contributed by atoms with van der Waals surface area (Å²) in [5, 5.41) is 2.73. The molecule has 10 heteroatoms. The number of aromatic nitrogens is 1. The van der Waals surface area contributed by atoms with Crippen molar-refractivity contribution in [1.29, 1.82) is 0 Å². The van der Waals surface area contributed by atoms with Crippen molar-refractivity contribution in [2.45, 2.75) is 4.90 Å². The molecule has 0 radical (unpaired) electrons. The molecule has 1 aliphatic heterocycles. The van der Waals surface area contributed by atoms with Crippen LogP contribution in [0.3, 0.4) is 0 Å². The molecule has 0 unspecified atom stereocenters. The van der Waals surface area contributed by atoms with Crippen molar-refractivity contribution < 1.29 is 27.4 Å². The second-order valence-electron chi connectivity index (χ2n) is 6.19. The van der Waals surface area contributed by atoms with E-state index in [1.54, 1.807) is 25.4 Å². The summed E-state index contributed by atoms with van der Waals surface area (Å²) in [6.45, 7) is 2.07. The Hall–Kier alpha value is -2.53. The molecule has 9 nitrogen and oxygen atoms in total. The van der Waals surface area contributed by atoms with Gasteiger partial charge >= 0.3 is 0 Å². The lowest BCUT2D eigenvalue weighted by molar-refractivity contribution is 0.0730. The van der Waals surface area contributed by atoms with E-state index in [-0.39, 0.29) is 10.8 Å². The molecule has 156 valence electrons. The van der Waals surface area contributed by atoms with E-state index in [1.807, 2.05) is 0 Å². The minimum Gasteiger partial charge on any atom is -0.474 e. The topological polar surface area (TPSA) is 107 Å². The number of nitrogens with one attached hydrogen (secondary N) is 1. The molecule has 29 heavy (non-hydrogen) atoms. The summed E-state index contributed by atoms with van der Waals surface area (Å²) in [4.78, 5) is 16.8. The molecule has 0 spiro atoms. The molecule has 0 bridgehead atoms. The lowest BCUT2D eigenvalue weighted by Gasteiger charge is -2.26. The van der Waals surface area contributed by atoms with Gasteiger partial charge in [0.25, 0.3) is 5.91 Å². The lowest BCUT2D eigenvalue weighted by Crippen LogP contribution is -2.40. The van der Waals surface area contributed by atoms with Crippen LogP contribution in [0.15, 0.2) is 47.5 Å². The van der Waals surface area contributed by atoms with Gasteiger partial charge in [0.15, 0.2) is 0 Å². The van der Waals surface area contributed by atoms with Crippen LogP contribution in [0.25, 0.3) is 0 Å². The Morgan fingerprint density at radius 3 is 2.59 bits per heavy atom. The van der Waals surface area contributed by atoms with E-state index >= 15 is 0 Å². The molecule has 2 aromatic rings. The van der Waals surface area contributed by atoms with Gasteiger partial charge in [0.05, 0.1) is 24.7 Å². The lowest BCUT2D eigenvalue weighted by atomic mass is 10.2. The van der Waals surface area contributed by atoms with E-state index < -0.39 is 15.9 Å². The summed E-state index contributed by atoms with van der Waals surface area (Å²) in [5.41, 5.74) is 0.733. The molecule has 1 amide bonds. The van der Waals surface area contributed by atoms with Gasteiger partial charge in [-0.25, -0.2) is 13.4 Å². The molecule has 2 heterocycles. The number of hydrogen-bond acceptors (Lipinski definition) is 7. The van der Waals surface area contributed by atoms with Gasteiger partial charge in [-0.3, -0.25) is 4.79 Å². The van der Waals surface area contributed by atoms with E-state index in [9.17, 15) is 13.2 Å². The van der Waals surface area contributed by atoms with Crippen LogP contribution >= 0.6 is 0 Å². The van der Waals surface area contributed by atoms with Crippen molar-refractivity contribution in [1.82, 2.24) is 9.29 Å². The summed E-state index contributed by atoms with van der Waals surface area (Å²) in [6.07, 6.45) is 1.56. The number of carbonyl (C=O) groups excluding carboxylic acids is 1. The quantitative estimate of drug-likeness (QED) is 0.642. The molecule has 1 aromatic carbocycles. The fourth-order valence-corrected chi connectivity index (χ4v) is 4.14. The normalized spacial score (nSPS) is 15.1. The molecule has 3 rings (SSSR count). The van der Waals surface area contributed by atoms with Crippen LogP contribution in [-0.2, 0) is 19.5 Å². The highest BCUT2D eigenvalue weighted by Gasteiger charge is 2.26. The van der Waals surface area contributed by atoms with Crippen LogP contribution in [0.2, 0.25) is 0 Å². The van der Waals surface area contributed by atoms with E-state index in [1.165, 1.54) is 28.6 Å². The Labute approximate surface area is 169 Å². The highest BCUT2D eigenvalue weighted by Crippen LogP contribution is 2.22. The molecule has 0 atom stereocenters. The highest BCUT2D eigenvalue weighted by molar-refractivity contribution is 7.89. The standard InChI is InChI=1S/C19H23N3O6S/c1-26-13-14-28-19-17(3-2-8-20-19)21-18(23)15-4-6-16(7-5-15)29(24,25)22-9-11-27-12-10-22/h2-8H,9-14H2,1H3,(H,21,23). The number of nitrogens with zero attached hydrogens (tertiary/aromatic N) is 2. The van der Waals surface area contributed by atoms with Crippen molar-refractivity contribution in [3.63, 3.8) is 0 Å². The van der Waals surface area contributed by atoms with Crippen LogP contribution in [0, 0.1) is 0 Å². The van der Waals surface area contributed by atoms with Crippen LogP contribution < -0.4 is 10.1 Å². The first-order chi connectivity index (χ1) is 14.0. The Balaban J connectivity index is 1.70. The number of rotatable bonds is 8. The van der Waals surface area contributed by atoms with E-state index in [4.69, 9.17) is 14.2 Å². The number of benzene rings is 1. The Morgan fingerprint density at radius 2 is 1.90 bits per heavy atom. The number of anilines is 1. The number of hydrogen-bond donors (Lipinski definition) is 1. The van der Waals surface area contributed by atoms with E-state index in [0.29, 0.717) is 50.8 Å². The van der Waals surface area contributed by atoms with Crippen LogP contribution in [-0.4, -0.2) is 70.2 Å². The largest absolute Gasteiger partial charge is 0.474 e. The maximum Gasteiger partial charge on any atom is 0.255 e. The van der Waals surface area contributed by atoms with Crippen molar-refractivity contribution >= 4 is 21.6 Å². The predicted octanol–water partition coefficient (Wildman–Crippen LogP) is 1.38. The maximum absolute atomic E-state index is 12.7. The third kappa shape index (κ3) is 5.30. The van der Waals surface area contributed by atoms with Crippen LogP contribution in [0.5, 0.6) is 5.88 Å². The zero-order chi connectivity index (χ0) is 20.7. The summed E-state index contributed by atoms with van der Waals surface area (Å²) in [5.74, 6) is -0.116. The number of ether oxygens (including phenoxy) is 3. The molecule has 1 N–H and O–H groups in total. The van der Waals surface area contributed by atoms with Crippen molar-refractivity contribution in [2.24, 2.45) is 0 Å². The van der Waals surface area contributed by atoms with Gasteiger partial charge < -0.3 is 19.5 Å². The second-order valence-corrected chi connectivity index (χ2v) is 8.13. The molecule has 1 fully saturated rings. The molecular weight excluding hydrogens is 398 g/mol. The number of methoxy groups -OCH3 is 1. The van der Waals surface area contributed by atoms with Crippen molar-refractivity contribution in [3.05, 3.63) is 48.2 Å². The van der Waals surface area contributed by atoms with Gasteiger partial charge in [0, 0.05) is 32.0 Å². The van der Waals surface area contributed by atoms with Gasteiger partial charge in [0.2, 0.25) is 15.9 Å². The summed E-state index contributed by atoms with van der Waals surface area (Å²) >= 11 is 0. The molecule has 1 aliphatic rings. The summed E-state index contributed by atoms with van der Waals surface area (Å²) in [7, 11) is -2.04. The monoisotopic (exact) mass is 421 g/mol. The molecule has 0 aliphatic carbocycles. The Morgan fingerprint density at radius 1 is 1.17 bits per heavy atom. The van der Waals surface area contributed by atoms with Crippen molar-refractivity contribution in [3.8, 4) is 5.88 Å². The Bertz CT molecular complexity index is 927. The third-order valence-corrected chi connectivity index (χ3v) is 6.18. The first-order valence-electron chi connectivity index (χ1n) is 9.08. The molecule has 1 saturated heterocycles. The summed E-state index contributed by atoms with van der Waals surface area (Å²) < 4.78 is 42.3. The third-order valence-electron chi connectivity index (χ3n) is 4.27. The zero-order valence-corrected chi connectivity index (χ0v) is 16.9. The SMILES string of the molecule is COCCOc1ncccc1NC(=O)c1ccc(S(=O)(=O)N2CCOCC2)cc1. The minimum atomic E-state index is -3.60. The number of sulfonamides is 1. The van der Waals surface area contributed by atoms with Crippen LogP contribution in [0.1, 0.15) is 10.4 Å². The molecular formula is C19H23N3O6S. The minimum absolute atomic E-state index is 0.140. The van der Waals surface area contributed by atoms with E-state index in [2.05, 4.69) is 10.3 Å².